The van der Waals surface area contributed by atoms with Crippen LogP contribution in [0.25, 0.3) is 6.08 Å². The van der Waals surface area contributed by atoms with E-state index in [9.17, 15) is 14.4 Å². The minimum atomic E-state index is -0.564. The van der Waals surface area contributed by atoms with E-state index in [1.54, 1.807) is 19.1 Å². The second-order valence-corrected chi connectivity index (χ2v) is 4.15. The predicted molar refractivity (Wildman–Crippen MR) is 68.5 cm³/mol. The zero-order valence-electron chi connectivity index (χ0n) is 10.9. The lowest BCUT2D eigenvalue weighted by molar-refractivity contribution is -0.139. The lowest BCUT2D eigenvalue weighted by atomic mass is 10.4. The molecule has 2 heterocycles. The first kappa shape index (κ1) is 13.9. The molecular weight excluding hydrogens is 264 g/mol. The van der Waals surface area contributed by atoms with Crippen LogP contribution in [0, 0.1) is 6.92 Å². The quantitative estimate of drug-likeness (QED) is 0.486. The number of carbonyl (C=O) groups is 3. The number of nitrogens with one attached hydrogen (secondary N) is 1. The second-order valence-electron chi connectivity index (χ2n) is 4.15. The molecule has 106 valence electrons. The van der Waals surface area contributed by atoms with Crippen molar-refractivity contribution in [1.82, 2.24) is 10.2 Å². The third kappa shape index (κ3) is 3.47. The third-order valence-corrected chi connectivity index (χ3v) is 2.64. The van der Waals surface area contributed by atoms with Gasteiger partial charge in [-0.2, -0.15) is 0 Å². The average molecular weight is 278 g/mol. The summed E-state index contributed by atoms with van der Waals surface area (Å²) in [7, 11) is 0. The highest BCUT2D eigenvalue weighted by Gasteiger charge is 2.27. The fourth-order valence-electron chi connectivity index (χ4n) is 1.66. The number of nitrogens with zero attached hydrogens (tertiary/aromatic N) is 1. The van der Waals surface area contributed by atoms with Gasteiger partial charge in [-0.3, -0.25) is 9.69 Å². The van der Waals surface area contributed by atoms with E-state index < -0.39 is 12.0 Å². The first-order chi connectivity index (χ1) is 9.56. The van der Waals surface area contributed by atoms with Crippen LogP contribution >= 0.6 is 0 Å². The Balaban J connectivity index is 1.74. The van der Waals surface area contributed by atoms with Gasteiger partial charge >= 0.3 is 12.0 Å². The topological polar surface area (TPSA) is 88.9 Å². The molecule has 7 heteroatoms. The number of hydrogen-bond donors (Lipinski definition) is 1. The molecule has 1 N–H and O–H groups in total. The molecule has 1 aliphatic heterocycles. The summed E-state index contributed by atoms with van der Waals surface area (Å²) >= 11 is 0. The van der Waals surface area contributed by atoms with Gasteiger partial charge in [0.1, 0.15) is 18.1 Å². The minimum absolute atomic E-state index is 0.00940. The summed E-state index contributed by atoms with van der Waals surface area (Å²) in [5.41, 5.74) is 0. The van der Waals surface area contributed by atoms with Crippen LogP contribution in [0.3, 0.4) is 0 Å². The predicted octanol–water partition coefficient (Wildman–Crippen LogP) is 0.696. The molecular formula is C13H14N2O5. The van der Waals surface area contributed by atoms with Gasteiger partial charge in [-0.05, 0) is 25.1 Å². The highest BCUT2D eigenvalue weighted by Crippen LogP contribution is 2.07. The summed E-state index contributed by atoms with van der Waals surface area (Å²) in [4.78, 5) is 34.9. The standard InChI is InChI=1S/C13H14N2O5/c1-9-2-3-10(20-9)4-5-12(17)19-7-6-15-11(16)8-14-13(15)18/h2-5H,6-8H2,1H3,(H,14,18). The molecule has 0 bridgehead atoms. The minimum Gasteiger partial charge on any atom is -0.462 e. The van der Waals surface area contributed by atoms with E-state index in [1.165, 1.54) is 12.2 Å². The van der Waals surface area contributed by atoms with E-state index in [4.69, 9.17) is 9.15 Å². The molecule has 1 aromatic rings. The number of hydrogen-bond acceptors (Lipinski definition) is 5. The molecule has 0 aliphatic carbocycles. The molecule has 2 rings (SSSR count). The number of urea groups is 1. The lowest BCUT2D eigenvalue weighted by Gasteiger charge is -2.11. The van der Waals surface area contributed by atoms with Gasteiger partial charge in [-0.25, -0.2) is 9.59 Å². The van der Waals surface area contributed by atoms with E-state index in [0.717, 1.165) is 10.7 Å². The zero-order valence-corrected chi connectivity index (χ0v) is 10.9. The number of imide groups is 1. The van der Waals surface area contributed by atoms with Crippen molar-refractivity contribution in [2.45, 2.75) is 6.92 Å². The Morgan fingerprint density at radius 3 is 2.90 bits per heavy atom. The summed E-state index contributed by atoms with van der Waals surface area (Å²) in [5, 5.41) is 2.38. The van der Waals surface area contributed by atoms with Crippen molar-refractivity contribution in [2.24, 2.45) is 0 Å². The number of furan rings is 1. The number of aryl methyl sites for hydroxylation is 1. The normalized spacial score (nSPS) is 14.9. The summed E-state index contributed by atoms with van der Waals surface area (Å²) in [6.07, 6.45) is 2.72. The van der Waals surface area contributed by atoms with E-state index in [1.807, 2.05) is 0 Å². The Morgan fingerprint density at radius 2 is 2.30 bits per heavy atom. The fraction of sp³-hybridized carbons (Fsp3) is 0.308. The fourth-order valence-corrected chi connectivity index (χ4v) is 1.66. The van der Waals surface area contributed by atoms with Gasteiger partial charge in [-0.15, -0.1) is 0 Å². The van der Waals surface area contributed by atoms with Gasteiger partial charge in [0.25, 0.3) is 0 Å². The van der Waals surface area contributed by atoms with Gasteiger partial charge < -0.3 is 14.5 Å². The number of carbonyl (C=O) groups excluding carboxylic acids is 3. The number of ether oxygens (including phenoxy) is 1. The molecule has 3 amide bonds. The van der Waals surface area contributed by atoms with Crippen molar-refractivity contribution in [1.29, 1.82) is 0 Å². The maximum Gasteiger partial charge on any atom is 0.330 e. The molecule has 0 aromatic carbocycles. The van der Waals surface area contributed by atoms with Crippen LogP contribution in [0.4, 0.5) is 4.79 Å². The molecule has 7 nitrogen and oxygen atoms in total. The average Bonchev–Trinajstić information content (AvgIpc) is 2.96. The molecule has 0 spiro atoms. The highest BCUT2D eigenvalue weighted by molar-refractivity contribution is 6.01. The van der Waals surface area contributed by atoms with Crippen molar-refractivity contribution in [2.75, 3.05) is 19.7 Å². The second kappa shape index (κ2) is 6.05. The largest absolute Gasteiger partial charge is 0.462 e. The van der Waals surface area contributed by atoms with Crippen LogP contribution in [-0.4, -0.2) is 42.5 Å². The molecule has 1 saturated heterocycles. The van der Waals surface area contributed by atoms with Gasteiger partial charge in [0.2, 0.25) is 5.91 Å². The zero-order chi connectivity index (χ0) is 14.5. The van der Waals surface area contributed by atoms with Crippen molar-refractivity contribution < 1.29 is 23.5 Å². The molecule has 1 aromatic heterocycles. The molecule has 0 unspecified atom stereocenters. The Kier molecular flexibility index (Phi) is 4.19. The van der Waals surface area contributed by atoms with Gasteiger partial charge in [0.05, 0.1) is 13.1 Å². The Bertz CT molecular complexity index is 545. The Morgan fingerprint density at radius 1 is 1.50 bits per heavy atom. The van der Waals surface area contributed by atoms with Crippen LogP contribution < -0.4 is 5.32 Å². The van der Waals surface area contributed by atoms with Crippen LogP contribution in [0.1, 0.15) is 11.5 Å². The Labute approximate surface area is 115 Å². The molecule has 0 atom stereocenters. The Hall–Kier alpha value is -2.57. The monoisotopic (exact) mass is 278 g/mol. The maximum absolute atomic E-state index is 11.4. The van der Waals surface area contributed by atoms with E-state index in [-0.39, 0.29) is 25.6 Å². The molecule has 0 saturated carbocycles. The maximum atomic E-state index is 11.4. The third-order valence-electron chi connectivity index (χ3n) is 2.64. The summed E-state index contributed by atoms with van der Waals surface area (Å²) in [6, 6.07) is 3.04. The van der Waals surface area contributed by atoms with Gasteiger partial charge in [-0.1, -0.05) is 0 Å². The number of amides is 3. The summed E-state index contributed by atoms with van der Waals surface area (Å²) in [5.74, 6) is 0.406. The number of rotatable bonds is 5. The molecule has 1 aliphatic rings. The van der Waals surface area contributed by atoms with Crippen molar-refractivity contribution >= 4 is 24.0 Å². The molecule has 1 fully saturated rings. The SMILES string of the molecule is Cc1ccc(C=CC(=O)OCCN2C(=O)CNC2=O)o1. The lowest BCUT2D eigenvalue weighted by Crippen LogP contribution is -2.34. The summed E-state index contributed by atoms with van der Waals surface area (Å²) < 4.78 is 10.1. The van der Waals surface area contributed by atoms with Crippen LogP contribution in [0.15, 0.2) is 22.6 Å². The first-order valence-corrected chi connectivity index (χ1v) is 6.06. The van der Waals surface area contributed by atoms with Crippen LogP contribution in [0.2, 0.25) is 0 Å². The molecule has 20 heavy (non-hydrogen) atoms. The van der Waals surface area contributed by atoms with Crippen molar-refractivity contribution in [3.63, 3.8) is 0 Å². The molecule has 0 radical (unpaired) electrons. The number of esters is 1. The van der Waals surface area contributed by atoms with Crippen LogP contribution in [-0.2, 0) is 14.3 Å². The van der Waals surface area contributed by atoms with Gasteiger partial charge in [0, 0.05) is 6.08 Å². The van der Waals surface area contributed by atoms with Crippen molar-refractivity contribution in [3.05, 3.63) is 29.7 Å². The van der Waals surface area contributed by atoms with Crippen molar-refractivity contribution in [3.8, 4) is 0 Å². The van der Waals surface area contributed by atoms with E-state index >= 15 is 0 Å². The highest BCUT2D eigenvalue weighted by atomic mass is 16.5. The van der Waals surface area contributed by atoms with Gasteiger partial charge in [0.15, 0.2) is 0 Å². The van der Waals surface area contributed by atoms with Crippen LogP contribution in [0.5, 0.6) is 0 Å². The first-order valence-electron chi connectivity index (χ1n) is 6.06. The van der Waals surface area contributed by atoms with E-state index in [2.05, 4.69) is 5.32 Å². The summed E-state index contributed by atoms with van der Waals surface area (Å²) in [6.45, 7) is 1.79. The smallest absolute Gasteiger partial charge is 0.330 e. The van der Waals surface area contributed by atoms with E-state index in [0.29, 0.717) is 5.76 Å².